The number of carbonyl (C=O) groups excluding carboxylic acids is 2. The van der Waals surface area contributed by atoms with Gasteiger partial charge >= 0.3 is 6.03 Å². The van der Waals surface area contributed by atoms with Crippen LogP contribution in [0.4, 0.5) is 4.79 Å². The number of aromatic nitrogens is 1. The number of rotatable bonds is 5. The van der Waals surface area contributed by atoms with Crippen molar-refractivity contribution < 1.29 is 9.59 Å². The molecule has 24 heavy (non-hydrogen) atoms. The van der Waals surface area contributed by atoms with Crippen LogP contribution in [0.2, 0.25) is 0 Å². The summed E-state index contributed by atoms with van der Waals surface area (Å²) in [7, 11) is 0. The van der Waals surface area contributed by atoms with Gasteiger partial charge in [0.15, 0.2) is 0 Å². The van der Waals surface area contributed by atoms with Gasteiger partial charge in [0.1, 0.15) is 6.54 Å². The van der Waals surface area contributed by atoms with Crippen molar-refractivity contribution in [3.63, 3.8) is 0 Å². The molecule has 0 N–H and O–H groups in total. The van der Waals surface area contributed by atoms with Gasteiger partial charge in [-0.15, -0.1) is 0 Å². The summed E-state index contributed by atoms with van der Waals surface area (Å²) in [6, 6.07) is 4.31. The molecule has 2 saturated heterocycles. The van der Waals surface area contributed by atoms with E-state index in [1.807, 2.05) is 12.3 Å². The van der Waals surface area contributed by atoms with Crippen LogP contribution >= 0.6 is 0 Å². The standard InChI is InChI=1S/C18H24N4O2/c23-17-13-21(16-5-6-16)18(24)22(17)12-15-4-2-8-20(11-15)10-14-3-1-7-19-9-14/h1,3,7,9,15-16H,2,4-6,8,10-13H2. The Morgan fingerprint density at radius 2 is 2.08 bits per heavy atom. The van der Waals surface area contributed by atoms with E-state index in [2.05, 4.69) is 16.0 Å². The second kappa shape index (κ2) is 6.51. The minimum atomic E-state index is -0.0631. The van der Waals surface area contributed by atoms with E-state index in [4.69, 9.17) is 0 Å². The first-order valence-electron chi connectivity index (χ1n) is 8.93. The van der Waals surface area contributed by atoms with Crippen LogP contribution in [-0.4, -0.2) is 63.8 Å². The predicted octanol–water partition coefficient (Wildman–Crippen LogP) is 1.72. The van der Waals surface area contributed by atoms with E-state index in [0.29, 0.717) is 18.5 Å². The second-order valence-corrected chi connectivity index (χ2v) is 7.25. The Hall–Kier alpha value is -1.95. The Labute approximate surface area is 142 Å². The second-order valence-electron chi connectivity index (χ2n) is 7.25. The highest BCUT2D eigenvalue weighted by molar-refractivity contribution is 6.02. The molecule has 1 saturated carbocycles. The van der Waals surface area contributed by atoms with Crippen LogP contribution < -0.4 is 0 Å². The molecule has 0 spiro atoms. The third-order valence-electron chi connectivity index (χ3n) is 5.24. The highest BCUT2D eigenvalue weighted by atomic mass is 16.2. The SMILES string of the molecule is O=C1CN(C2CC2)C(=O)N1CC1CCCN(Cc2cccnc2)C1. The molecule has 3 fully saturated rings. The summed E-state index contributed by atoms with van der Waals surface area (Å²) in [5.74, 6) is 0.360. The molecule has 2 aliphatic heterocycles. The molecule has 6 heteroatoms. The summed E-state index contributed by atoms with van der Waals surface area (Å²) in [4.78, 5) is 34.5. The Morgan fingerprint density at radius 3 is 2.83 bits per heavy atom. The monoisotopic (exact) mass is 328 g/mol. The largest absolute Gasteiger partial charge is 0.327 e. The molecular weight excluding hydrogens is 304 g/mol. The van der Waals surface area contributed by atoms with Gasteiger partial charge in [-0.1, -0.05) is 6.07 Å². The maximum atomic E-state index is 12.5. The van der Waals surface area contributed by atoms with Gasteiger partial charge in [0, 0.05) is 38.1 Å². The van der Waals surface area contributed by atoms with E-state index in [-0.39, 0.29) is 18.5 Å². The zero-order valence-electron chi connectivity index (χ0n) is 13.9. The lowest BCUT2D eigenvalue weighted by Crippen LogP contribution is -2.43. The van der Waals surface area contributed by atoms with Crippen LogP contribution in [0, 0.1) is 5.92 Å². The molecule has 1 aromatic heterocycles. The maximum Gasteiger partial charge on any atom is 0.327 e. The zero-order valence-corrected chi connectivity index (χ0v) is 13.9. The number of hydrogen-bond acceptors (Lipinski definition) is 4. The van der Waals surface area contributed by atoms with Crippen LogP contribution in [-0.2, 0) is 11.3 Å². The van der Waals surface area contributed by atoms with Crippen LogP contribution in [0.1, 0.15) is 31.2 Å². The molecule has 4 rings (SSSR count). The molecule has 0 radical (unpaired) electrons. The fourth-order valence-electron chi connectivity index (χ4n) is 3.86. The third kappa shape index (κ3) is 3.29. The lowest BCUT2D eigenvalue weighted by atomic mass is 9.97. The highest BCUT2D eigenvalue weighted by Gasteiger charge is 2.44. The van der Waals surface area contributed by atoms with E-state index < -0.39 is 0 Å². The molecule has 3 amide bonds. The minimum absolute atomic E-state index is 0.0173. The van der Waals surface area contributed by atoms with Gasteiger partial charge in [0.2, 0.25) is 5.91 Å². The number of carbonyl (C=O) groups is 2. The number of likely N-dealkylation sites (tertiary alicyclic amines) is 1. The van der Waals surface area contributed by atoms with Gasteiger partial charge in [-0.2, -0.15) is 0 Å². The number of amides is 3. The lowest BCUT2D eigenvalue weighted by molar-refractivity contribution is -0.126. The fraction of sp³-hybridized carbons (Fsp3) is 0.611. The molecule has 3 aliphatic rings. The van der Waals surface area contributed by atoms with Gasteiger partial charge in [0.05, 0.1) is 0 Å². The molecule has 0 bridgehead atoms. The van der Waals surface area contributed by atoms with E-state index >= 15 is 0 Å². The lowest BCUT2D eigenvalue weighted by Gasteiger charge is -2.34. The van der Waals surface area contributed by atoms with Crippen molar-refractivity contribution in [2.45, 2.75) is 38.3 Å². The van der Waals surface area contributed by atoms with Crippen molar-refractivity contribution >= 4 is 11.9 Å². The van der Waals surface area contributed by atoms with Crippen molar-refractivity contribution in [1.29, 1.82) is 0 Å². The van der Waals surface area contributed by atoms with E-state index in [0.717, 1.165) is 45.3 Å². The van der Waals surface area contributed by atoms with Gasteiger partial charge < -0.3 is 4.90 Å². The summed E-state index contributed by atoms with van der Waals surface area (Å²) in [5.41, 5.74) is 1.21. The van der Waals surface area contributed by atoms with E-state index in [9.17, 15) is 9.59 Å². The molecule has 1 aromatic rings. The molecule has 3 heterocycles. The van der Waals surface area contributed by atoms with Crippen LogP contribution in [0.15, 0.2) is 24.5 Å². The average molecular weight is 328 g/mol. The number of hydrogen-bond donors (Lipinski definition) is 0. The van der Waals surface area contributed by atoms with Gasteiger partial charge in [-0.25, -0.2) is 4.79 Å². The normalized spacial score (nSPS) is 25.6. The maximum absolute atomic E-state index is 12.5. The quantitative estimate of drug-likeness (QED) is 0.772. The van der Waals surface area contributed by atoms with E-state index in [1.165, 1.54) is 10.5 Å². The summed E-state index contributed by atoms with van der Waals surface area (Å²) in [6.07, 6.45) is 8.01. The van der Waals surface area contributed by atoms with Crippen LogP contribution in [0.5, 0.6) is 0 Å². The first kappa shape index (κ1) is 15.6. The first-order valence-corrected chi connectivity index (χ1v) is 8.93. The fourth-order valence-corrected chi connectivity index (χ4v) is 3.86. The molecule has 1 aliphatic carbocycles. The van der Waals surface area contributed by atoms with Crippen molar-refractivity contribution in [3.8, 4) is 0 Å². The summed E-state index contributed by atoms with van der Waals surface area (Å²) in [6.45, 7) is 3.76. The van der Waals surface area contributed by atoms with Gasteiger partial charge in [-0.05, 0) is 49.8 Å². The zero-order chi connectivity index (χ0) is 16.5. The number of piperidine rings is 1. The Balaban J connectivity index is 1.34. The Bertz CT molecular complexity index is 617. The molecule has 128 valence electrons. The summed E-state index contributed by atoms with van der Waals surface area (Å²) >= 11 is 0. The van der Waals surface area contributed by atoms with Crippen molar-refractivity contribution in [2.75, 3.05) is 26.2 Å². The molecule has 1 unspecified atom stereocenters. The number of nitrogens with zero attached hydrogens (tertiary/aromatic N) is 4. The van der Waals surface area contributed by atoms with Crippen LogP contribution in [0.25, 0.3) is 0 Å². The first-order chi connectivity index (χ1) is 11.7. The van der Waals surface area contributed by atoms with Crippen molar-refractivity contribution in [2.24, 2.45) is 5.92 Å². The van der Waals surface area contributed by atoms with Crippen molar-refractivity contribution in [1.82, 2.24) is 19.7 Å². The predicted molar refractivity (Wildman–Crippen MR) is 89.1 cm³/mol. The molecule has 0 aromatic carbocycles. The van der Waals surface area contributed by atoms with Crippen LogP contribution in [0.3, 0.4) is 0 Å². The smallest absolute Gasteiger partial charge is 0.312 e. The number of pyridine rings is 1. The topological polar surface area (TPSA) is 56.8 Å². The Morgan fingerprint density at radius 1 is 1.21 bits per heavy atom. The molecular formula is C18H24N4O2. The Kier molecular flexibility index (Phi) is 4.22. The average Bonchev–Trinajstić information content (AvgIpc) is 3.39. The van der Waals surface area contributed by atoms with E-state index in [1.54, 1.807) is 11.1 Å². The molecule has 6 nitrogen and oxygen atoms in total. The number of imide groups is 1. The van der Waals surface area contributed by atoms with Crippen molar-refractivity contribution in [3.05, 3.63) is 30.1 Å². The molecule has 1 atom stereocenters. The highest BCUT2D eigenvalue weighted by Crippen LogP contribution is 2.31. The summed E-state index contributed by atoms with van der Waals surface area (Å²) < 4.78 is 0. The van der Waals surface area contributed by atoms with Gasteiger partial charge in [-0.3, -0.25) is 19.6 Å². The van der Waals surface area contributed by atoms with Gasteiger partial charge in [0.25, 0.3) is 0 Å². The third-order valence-corrected chi connectivity index (χ3v) is 5.24. The minimum Gasteiger partial charge on any atom is -0.312 e. The summed E-state index contributed by atoms with van der Waals surface area (Å²) in [5, 5.41) is 0. The number of urea groups is 1.